The Morgan fingerprint density at radius 1 is 1.02 bits per heavy atom. The van der Waals surface area contributed by atoms with Gasteiger partial charge in [-0.05, 0) is 43.0 Å². The zero-order valence-corrected chi connectivity index (χ0v) is 22.6. The molecule has 10 nitrogen and oxygen atoms in total. The molecule has 0 aromatic carbocycles. The normalized spacial score (nSPS) is 19.8. The van der Waals surface area contributed by atoms with Crippen LogP contribution in [-0.2, 0) is 33.7 Å². The minimum absolute atomic E-state index is 0.0221. The number of nitrogens with zero attached hydrogens (tertiary/aromatic N) is 6. The van der Waals surface area contributed by atoms with Gasteiger partial charge in [0.05, 0.1) is 11.3 Å². The molecule has 3 aromatic heterocycles. The fourth-order valence-corrected chi connectivity index (χ4v) is 6.31. The molecule has 0 spiro atoms. The molecule has 1 aliphatic rings. The lowest BCUT2D eigenvalue weighted by Gasteiger charge is -2.27. The maximum Gasteiger partial charge on any atom is 0.451 e. The number of amides is 1. The topological polar surface area (TPSA) is 142 Å². The first kappa shape index (κ1) is 30.8. The van der Waals surface area contributed by atoms with Crippen molar-refractivity contribution < 1.29 is 39.6 Å². The summed E-state index contributed by atoms with van der Waals surface area (Å²) in [6.45, 7) is 2.62. The van der Waals surface area contributed by atoms with Crippen LogP contribution in [0.5, 0.6) is 0 Å². The number of alkyl halides is 6. The molecule has 17 heteroatoms. The van der Waals surface area contributed by atoms with Crippen molar-refractivity contribution >= 4 is 15.9 Å². The second-order valence-electron chi connectivity index (χ2n) is 9.53. The molecule has 0 radical (unpaired) electrons. The summed E-state index contributed by atoms with van der Waals surface area (Å²) in [5.41, 5.74) is -1.98. The lowest BCUT2D eigenvalue weighted by atomic mass is 10.0. The Bertz CT molecular complexity index is 1620. The molecule has 1 aliphatic heterocycles. The van der Waals surface area contributed by atoms with E-state index in [4.69, 9.17) is 5.26 Å². The van der Waals surface area contributed by atoms with Gasteiger partial charge < -0.3 is 5.32 Å². The van der Waals surface area contributed by atoms with Crippen LogP contribution in [0.2, 0.25) is 0 Å². The van der Waals surface area contributed by atoms with Gasteiger partial charge in [0.1, 0.15) is 22.7 Å². The van der Waals surface area contributed by atoms with Gasteiger partial charge in [-0.15, -0.1) is 0 Å². The molecule has 42 heavy (non-hydrogen) atoms. The standard InChI is InChI=1S/C25H21F6N7O3S/c1-13-5-21(38(14(13)2)42(40,41)18-4-3-17(7-32)33-11-18)22(39)35-8-15-6-20(34-12-19(15)24(26,27)28)16-9-36-23(37-10-16)25(29,30)31/h3-4,6,9-14,21H,5,8H2,1-2H3,(H,35,39)/t13-,14+,21+/m1/s1. The third-order valence-corrected chi connectivity index (χ3v) is 8.78. The molecule has 4 heterocycles. The molecule has 4 rings (SSSR count). The number of hydrogen-bond donors (Lipinski definition) is 1. The summed E-state index contributed by atoms with van der Waals surface area (Å²) in [6.07, 6.45) is -6.66. The van der Waals surface area contributed by atoms with Crippen molar-refractivity contribution in [3.63, 3.8) is 0 Å². The molecule has 1 saturated heterocycles. The van der Waals surface area contributed by atoms with Crippen LogP contribution in [0.25, 0.3) is 11.3 Å². The van der Waals surface area contributed by atoms with Gasteiger partial charge in [0.2, 0.25) is 21.8 Å². The van der Waals surface area contributed by atoms with Crippen molar-refractivity contribution in [2.75, 3.05) is 0 Å². The average Bonchev–Trinajstić information content (AvgIpc) is 3.25. The summed E-state index contributed by atoms with van der Waals surface area (Å²) in [5, 5.41) is 11.3. The van der Waals surface area contributed by atoms with E-state index in [1.54, 1.807) is 19.9 Å². The Kier molecular flexibility index (Phi) is 8.24. The Balaban J connectivity index is 1.61. The molecule has 3 aromatic rings. The quantitative estimate of drug-likeness (QED) is 0.412. The molecule has 0 saturated carbocycles. The number of sulfonamides is 1. The number of carbonyl (C=O) groups is 1. The van der Waals surface area contributed by atoms with Gasteiger partial charge in [-0.1, -0.05) is 6.92 Å². The fraction of sp³-hybridized carbons (Fsp3) is 0.360. The van der Waals surface area contributed by atoms with Crippen molar-refractivity contribution in [2.24, 2.45) is 5.92 Å². The Labute approximate surface area is 235 Å². The SMILES string of the molecule is C[C@@H]1C[C@@H](C(=O)NCc2cc(-c3cnc(C(F)(F)F)nc3)ncc2C(F)(F)F)N(S(=O)(=O)c2ccc(C#N)nc2)[C@H]1C. The van der Waals surface area contributed by atoms with Crippen LogP contribution in [0.1, 0.15) is 42.9 Å². The molecular formula is C25H21F6N7O3S. The smallest absolute Gasteiger partial charge is 0.351 e. The Morgan fingerprint density at radius 2 is 1.69 bits per heavy atom. The predicted octanol–water partition coefficient (Wildman–Crippen LogP) is 3.95. The molecule has 0 unspecified atom stereocenters. The summed E-state index contributed by atoms with van der Waals surface area (Å²) < 4.78 is 107. The molecular weight excluding hydrogens is 592 g/mol. The van der Waals surface area contributed by atoms with E-state index in [1.165, 1.54) is 12.1 Å². The van der Waals surface area contributed by atoms with Crippen LogP contribution in [0, 0.1) is 17.2 Å². The third kappa shape index (κ3) is 6.19. The van der Waals surface area contributed by atoms with E-state index in [9.17, 15) is 39.6 Å². The van der Waals surface area contributed by atoms with Gasteiger partial charge in [-0.25, -0.2) is 23.4 Å². The highest BCUT2D eigenvalue weighted by molar-refractivity contribution is 7.89. The van der Waals surface area contributed by atoms with Crippen molar-refractivity contribution in [1.82, 2.24) is 29.6 Å². The molecule has 0 bridgehead atoms. The van der Waals surface area contributed by atoms with Crippen LogP contribution < -0.4 is 5.32 Å². The molecule has 0 aliphatic carbocycles. The number of carbonyl (C=O) groups excluding carboxylic acids is 1. The van der Waals surface area contributed by atoms with E-state index in [0.717, 1.165) is 29.0 Å². The molecule has 222 valence electrons. The van der Waals surface area contributed by atoms with Crippen LogP contribution in [0.4, 0.5) is 26.3 Å². The Morgan fingerprint density at radius 3 is 2.24 bits per heavy atom. The summed E-state index contributed by atoms with van der Waals surface area (Å²) in [7, 11) is -4.29. The van der Waals surface area contributed by atoms with Gasteiger partial charge in [0.15, 0.2) is 0 Å². The number of halogens is 6. The molecule has 1 fully saturated rings. The lowest BCUT2D eigenvalue weighted by Crippen LogP contribution is -2.48. The van der Waals surface area contributed by atoms with Crippen molar-refractivity contribution in [3.8, 4) is 17.3 Å². The highest BCUT2D eigenvalue weighted by atomic mass is 32.2. The van der Waals surface area contributed by atoms with Gasteiger partial charge in [-0.3, -0.25) is 9.78 Å². The largest absolute Gasteiger partial charge is 0.451 e. The highest BCUT2D eigenvalue weighted by Gasteiger charge is 2.47. The van der Waals surface area contributed by atoms with E-state index in [0.29, 0.717) is 6.20 Å². The first-order chi connectivity index (χ1) is 19.5. The van der Waals surface area contributed by atoms with E-state index >= 15 is 0 Å². The predicted molar refractivity (Wildman–Crippen MR) is 132 cm³/mol. The third-order valence-electron chi connectivity index (χ3n) is 6.81. The summed E-state index contributed by atoms with van der Waals surface area (Å²) in [4.78, 5) is 26.8. The summed E-state index contributed by atoms with van der Waals surface area (Å²) in [5.74, 6) is -2.59. The second-order valence-corrected chi connectivity index (χ2v) is 11.4. The number of hydrogen-bond acceptors (Lipinski definition) is 8. The van der Waals surface area contributed by atoms with Crippen LogP contribution in [0.3, 0.4) is 0 Å². The minimum atomic E-state index is -4.89. The van der Waals surface area contributed by atoms with Crippen molar-refractivity contribution in [3.05, 3.63) is 65.6 Å². The van der Waals surface area contributed by atoms with E-state index < -0.39 is 63.9 Å². The number of aromatic nitrogens is 4. The van der Waals surface area contributed by atoms with Gasteiger partial charge >= 0.3 is 12.4 Å². The van der Waals surface area contributed by atoms with Crippen molar-refractivity contribution in [2.45, 2.75) is 56.1 Å². The van der Waals surface area contributed by atoms with Gasteiger partial charge in [-0.2, -0.15) is 35.9 Å². The highest BCUT2D eigenvalue weighted by Crippen LogP contribution is 2.36. The maximum absolute atomic E-state index is 13.7. The van der Waals surface area contributed by atoms with Crippen LogP contribution >= 0.6 is 0 Å². The first-order valence-electron chi connectivity index (χ1n) is 12.2. The molecule has 1 amide bonds. The van der Waals surface area contributed by atoms with Gasteiger partial charge in [0.25, 0.3) is 0 Å². The number of nitrogens with one attached hydrogen (secondary N) is 1. The molecule has 1 N–H and O–H groups in total. The van der Waals surface area contributed by atoms with Crippen LogP contribution in [0.15, 0.2) is 47.9 Å². The van der Waals surface area contributed by atoms with Crippen molar-refractivity contribution in [1.29, 1.82) is 5.26 Å². The fourth-order valence-electron chi connectivity index (χ4n) is 4.48. The zero-order valence-electron chi connectivity index (χ0n) is 21.8. The second kappa shape index (κ2) is 11.2. The minimum Gasteiger partial charge on any atom is -0.351 e. The van der Waals surface area contributed by atoms with E-state index in [2.05, 4.69) is 25.3 Å². The Hall–Kier alpha value is -4.17. The summed E-state index contributed by atoms with van der Waals surface area (Å²) in [6, 6.07) is 3.16. The molecule has 3 atom stereocenters. The van der Waals surface area contributed by atoms with E-state index in [-0.39, 0.29) is 34.2 Å². The number of nitriles is 1. The maximum atomic E-state index is 13.7. The van der Waals surface area contributed by atoms with Crippen LogP contribution in [-0.4, -0.2) is 50.6 Å². The number of rotatable bonds is 6. The first-order valence-corrected chi connectivity index (χ1v) is 13.6. The average molecular weight is 614 g/mol. The van der Waals surface area contributed by atoms with Gasteiger partial charge in [0, 0.05) is 42.9 Å². The monoisotopic (exact) mass is 613 g/mol. The number of pyridine rings is 2. The lowest BCUT2D eigenvalue weighted by molar-refractivity contribution is -0.145. The summed E-state index contributed by atoms with van der Waals surface area (Å²) >= 11 is 0. The van der Waals surface area contributed by atoms with E-state index in [1.807, 2.05) is 0 Å². The zero-order chi connectivity index (χ0) is 31.0.